The fraction of sp³-hybridized carbons (Fsp3) is 0.222. The summed E-state index contributed by atoms with van der Waals surface area (Å²) in [5, 5.41) is 7.62. The van der Waals surface area contributed by atoms with Crippen molar-refractivity contribution >= 4 is 15.9 Å². The molecule has 2 heterocycles. The van der Waals surface area contributed by atoms with E-state index in [9.17, 15) is 0 Å². The van der Waals surface area contributed by atoms with Gasteiger partial charge < -0.3 is 5.73 Å². The largest absolute Gasteiger partial charge is 0.318 e. The van der Waals surface area contributed by atoms with E-state index < -0.39 is 0 Å². The molecule has 0 aliphatic rings. The molecule has 5 nitrogen and oxygen atoms in total. The summed E-state index contributed by atoms with van der Waals surface area (Å²) in [6, 6.07) is 3.44. The van der Waals surface area contributed by atoms with Gasteiger partial charge in [0.15, 0.2) is 0 Å². The second kappa shape index (κ2) is 4.08. The van der Waals surface area contributed by atoms with Gasteiger partial charge in [-0.15, -0.1) is 5.10 Å². The molecule has 6 heteroatoms. The quantitative estimate of drug-likeness (QED) is 0.882. The monoisotopic (exact) mass is 267 g/mol. The van der Waals surface area contributed by atoms with Crippen LogP contribution < -0.4 is 5.73 Å². The maximum Gasteiger partial charge on any atom is 0.0924 e. The van der Waals surface area contributed by atoms with Crippen LogP contribution in [0.5, 0.6) is 0 Å². The van der Waals surface area contributed by atoms with E-state index >= 15 is 0 Å². The van der Waals surface area contributed by atoms with Crippen molar-refractivity contribution in [2.45, 2.75) is 6.04 Å². The molecule has 0 spiro atoms. The van der Waals surface area contributed by atoms with E-state index in [-0.39, 0.29) is 6.04 Å². The van der Waals surface area contributed by atoms with Crippen molar-refractivity contribution in [3.8, 4) is 0 Å². The summed E-state index contributed by atoms with van der Waals surface area (Å²) >= 11 is 3.41. The standard InChI is InChI=1S/C9H10BrN5/c1-15-7(5-13-14-15)8(11)9-6(10)3-2-4-12-9/h2-5,8H,11H2,1H3. The zero-order valence-electron chi connectivity index (χ0n) is 8.13. The first kappa shape index (κ1) is 10.3. The molecule has 0 saturated carbocycles. The fourth-order valence-electron chi connectivity index (χ4n) is 1.35. The summed E-state index contributed by atoms with van der Waals surface area (Å²) in [5.74, 6) is 0. The number of pyridine rings is 1. The zero-order chi connectivity index (χ0) is 10.8. The Labute approximate surface area is 95.4 Å². The van der Waals surface area contributed by atoms with Crippen LogP contribution in [0.25, 0.3) is 0 Å². The van der Waals surface area contributed by atoms with Gasteiger partial charge in [0, 0.05) is 17.7 Å². The third-order valence-electron chi connectivity index (χ3n) is 2.15. The van der Waals surface area contributed by atoms with Crippen molar-refractivity contribution in [1.29, 1.82) is 0 Å². The van der Waals surface area contributed by atoms with E-state index in [0.717, 1.165) is 15.9 Å². The van der Waals surface area contributed by atoms with Crippen molar-refractivity contribution in [2.75, 3.05) is 0 Å². The topological polar surface area (TPSA) is 69.6 Å². The molecule has 0 fully saturated rings. The molecule has 2 rings (SSSR count). The van der Waals surface area contributed by atoms with Gasteiger partial charge in [0.1, 0.15) is 0 Å². The van der Waals surface area contributed by atoms with Crippen molar-refractivity contribution in [1.82, 2.24) is 20.0 Å². The third-order valence-corrected chi connectivity index (χ3v) is 2.82. The Kier molecular flexibility index (Phi) is 2.79. The number of aryl methyl sites for hydroxylation is 1. The lowest BCUT2D eigenvalue weighted by atomic mass is 10.1. The maximum atomic E-state index is 6.07. The van der Waals surface area contributed by atoms with Crippen LogP contribution >= 0.6 is 15.9 Å². The lowest BCUT2D eigenvalue weighted by molar-refractivity contribution is 0.643. The van der Waals surface area contributed by atoms with Gasteiger partial charge in [-0.1, -0.05) is 5.21 Å². The molecule has 78 valence electrons. The summed E-state index contributed by atoms with van der Waals surface area (Å²) in [6.45, 7) is 0. The minimum Gasteiger partial charge on any atom is -0.318 e. The first-order valence-corrected chi connectivity index (χ1v) is 5.20. The van der Waals surface area contributed by atoms with Gasteiger partial charge >= 0.3 is 0 Å². The van der Waals surface area contributed by atoms with Crippen LogP contribution in [0.3, 0.4) is 0 Å². The van der Waals surface area contributed by atoms with E-state index in [1.807, 2.05) is 12.1 Å². The fourth-order valence-corrected chi connectivity index (χ4v) is 1.85. The second-order valence-corrected chi connectivity index (χ2v) is 3.98. The van der Waals surface area contributed by atoms with E-state index in [1.165, 1.54) is 0 Å². The number of hydrogen-bond acceptors (Lipinski definition) is 4. The van der Waals surface area contributed by atoms with Crippen LogP contribution in [-0.4, -0.2) is 20.0 Å². The second-order valence-electron chi connectivity index (χ2n) is 3.13. The van der Waals surface area contributed by atoms with Crippen LogP contribution in [0, 0.1) is 0 Å². The Bertz CT molecular complexity index is 467. The smallest absolute Gasteiger partial charge is 0.0924 e. The van der Waals surface area contributed by atoms with Crippen LogP contribution in [0.2, 0.25) is 0 Å². The first-order valence-electron chi connectivity index (χ1n) is 4.40. The average Bonchev–Trinajstić information content (AvgIpc) is 2.64. The minimum absolute atomic E-state index is 0.319. The minimum atomic E-state index is -0.319. The highest BCUT2D eigenvalue weighted by molar-refractivity contribution is 9.10. The number of rotatable bonds is 2. The van der Waals surface area contributed by atoms with Gasteiger partial charge in [-0.3, -0.25) is 9.67 Å². The molecule has 0 bridgehead atoms. The first-order chi connectivity index (χ1) is 7.20. The lowest BCUT2D eigenvalue weighted by Gasteiger charge is -2.11. The van der Waals surface area contributed by atoms with Gasteiger partial charge in [0.25, 0.3) is 0 Å². The number of nitrogens with zero attached hydrogens (tertiary/aromatic N) is 4. The summed E-state index contributed by atoms with van der Waals surface area (Å²) < 4.78 is 2.53. The van der Waals surface area contributed by atoms with E-state index in [4.69, 9.17) is 5.73 Å². The molecule has 0 aliphatic heterocycles. The molecule has 0 saturated heterocycles. The number of nitrogens with two attached hydrogens (primary N) is 1. The molecular formula is C9H10BrN5. The highest BCUT2D eigenvalue weighted by atomic mass is 79.9. The van der Waals surface area contributed by atoms with Crippen molar-refractivity contribution < 1.29 is 0 Å². The van der Waals surface area contributed by atoms with Gasteiger partial charge in [-0.25, -0.2) is 0 Å². The zero-order valence-corrected chi connectivity index (χ0v) is 9.72. The Balaban J connectivity index is 2.41. The van der Waals surface area contributed by atoms with E-state index in [1.54, 1.807) is 24.1 Å². The molecule has 0 aliphatic carbocycles. The van der Waals surface area contributed by atoms with Gasteiger partial charge in [-0.05, 0) is 28.1 Å². The summed E-state index contributed by atoms with van der Waals surface area (Å²) in [5.41, 5.74) is 7.68. The van der Waals surface area contributed by atoms with Crippen molar-refractivity contribution in [3.05, 3.63) is 40.4 Å². The van der Waals surface area contributed by atoms with Gasteiger partial charge in [-0.2, -0.15) is 0 Å². The Morgan fingerprint density at radius 2 is 2.33 bits per heavy atom. The summed E-state index contributed by atoms with van der Waals surface area (Å²) in [6.07, 6.45) is 3.36. The average molecular weight is 268 g/mol. The molecule has 0 radical (unpaired) electrons. The SMILES string of the molecule is Cn1nncc1C(N)c1ncccc1Br. The normalized spacial score (nSPS) is 12.7. The highest BCUT2D eigenvalue weighted by Crippen LogP contribution is 2.23. The Morgan fingerprint density at radius 3 is 2.93 bits per heavy atom. The lowest BCUT2D eigenvalue weighted by Crippen LogP contribution is -2.17. The predicted molar refractivity (Wildman–Crippen MR) is 59.0 cm³/mol. The molecule has 2 N–H and O–H groups in total. The predicted octanol–water partition coefficient (Wildman–Crippen LogP) is 1.02. The molecular weight excluding hydrogens is 258 g/mol. The van der Waals surface area contributed by atoms with Gasteiger partial charge in [0.05, 0.1) is 23.6 Å². The van der Waals surface area contributed by atoms with Crippen LogP contribution in [0.15, 0.2) is 29.0 Å². The van der Waals surface area contributed by atoms with E-state index in [2.05, 4.69) is 31.2 Å². The van der Waals surface area contributed by atoms with Crippen LogP contribution in [0.1, 0.15) is 17.4 Å². The highest BCUT2D eigenvalue weighted by Gasteiger charge is 2.16. The summed E-state index contributed by atoms with van der Waals surface area (Å²) in [4.78, 5) is 4.23. The van der Waals surface area contributed by atoms with Crippen molar-refractivity contribution in [2.24, 2.45) is 12.8 Å². The molecule has 2 aromatic heterocycles. The van der Waals surface area contributed by atoms with Crippen LogP contribution in [0.4, 0.5) is 0 Å². The molecule has 0 amide bonds. The molecule has 1 atom stereocenters. The molecule has 1 unspecified atom stereocenters. The Morgan fingerprint density at radius 1 is 1.53 bits per heavy atom. The summed E-state index contributed by atoms with van der Waals surface area (Å²) in [7, 11) is 1.80. The van der Waals surface area contributed by atoms with Crippen LogP contribution in [-0.2, 0) is 7.05 Å². The molecule has 15 heavy (non-hydrogen) atoms. The van der Waals surface area contributed by atoms with Crippen molar-refractivity contribution in [3.63, 3.8) is 0 Å². The number of aromatic nitrogens is 4. The number of halogens is 1. The van der Waals surface area contributed by atoms with E-state index in [0.29, 0.717) is 0 Å². The molecule has 2 aromatic rings. The third kappa shape index (κ3) is 1.91. The Hall–Kier alpha value is -1.27. The van der Waals surface area contributed by atoms with Gasteiger partial charge in [0.2, 0.25) is 0 Å². The molecule has 0 aromatic carbocycles. The number of hydrogen-bond donors (Lipinski definition) is 1. The maximum absolute atomic E-state index is 6.07.